The molecule has 26 heavy (non-hydrogen) atoms. The van der Waals surface area contributed by atoms with Crippen LogP contribution in [-0.2, 0) is 19.6 Å². The summed E-state index contributed by atoms with van der Waals surface area (Å²) >= 11 is 0. The minimum absolute atomic E-state index is 0.679. The third-order valence-corrected chi connectivity index (χ3v) is 4.16. The van der Waals surface area contributed by atoms with Crippen molar-refractivity contribution in [3.05, 3.63) is 53.9 Å². The van der Waals surface area contributed by atoms with E-state index in [9.17, 15) is 0 Å². The Bertz CT molecular complexity index is 650. The van der Waals surface area contributed by atoms with Crippen LogP contribution in [0.4, 0.5) is 0 Å². The predicted octanol–water partition coefficient (Wildman–Crippen LogP) is 2.48. The van der Waals surface area contributed by atoms with Crippen molar-refractivity contribution < 1.29 is 0 Å². The van der Waals surface area contributed by atoms with Gasteiger partial charge in [0.05, 0.1) is 6.54 Å². The molecule has 0 aliphatic rings. The molecule has 0 bridgehead atoms. The average molecular weight is 357 g/mol. The highest BCUT2D eigenvalue weighted by Crippen LogP contribution is 2.08. The van der Waals surface area contributed by atoms with E-state index in [2.05, 4.69) is 65.8 Å². The van der Waals surface area contributed by atoms with E-state index in [1.807, 2.05) is 23.1 Å². The van der Waals surface area contributed by atoms with Gasteiger partial charge in [-0.15, -0.1) is 0 Å². The topological polar surface area (TPSA) is 57.5 Å². The molecule has 0 saturated carbocycles. The van der Waals surface area contributed by atoms with Gasteiger partial charge in [-0.05, 0) is 44.1 Å². The monoisotopic (exact) mass is 356 g/mol. The fourth-order valence-electron chi connectivity index (χ4n) is 2.64. The van der Waals surface area contributed by atoms with E-state index in [-0.39, 0.29) is 0 Å². The highest BCUT2D eigenvalue weighted by molar-refractivity contribution is 5.79. The summed E-state index contributed by atoms with van der Waals surface area (Å²) in [7, 11) is 2.14. The van der Waals surface area contributed by atoms with E-state index in [1.54, 1.807) is 0 Å². The summed E-state index contributed by atoms with van der Waals surface area (Å²) in [6, 6.07) is 10.6. The van der Waals surface area contributed by atoms with E-state index in [0.717, 1.165) is 45.1 Å². The van der Waals surface area contributed by atoms with E-state index in [0.29, 0.717) is 6.54 Å². The van der Waals surface area contributed by atoms with Crippen molar-refractivity contribution in [2.45, 2.75) is 39.9 Å². The van der Waals surface area contributed by atoms with Gasteiger partial charge in [-0.2, -0.15) is 5.10 Å². The summed E-state index contributed by atoms with van der Waals surface area (Å²) in [6.07, 6.45) is 4.80. The van der Waals surface area contributed by atoms with Crippen molar-refractivity contribution >= 4 is 5.96 Å². The van der Waals surface area contributed by atoms with Crippen LogP contribution in [0.3, 0.4) is 0 Å². The molecule has 0 radical (unpaired) electrons. The second-order valence-corrected chi connectivity index (χ2v) is 6.39. The van der Waals surface area contributed by atoms with Gasteiger partial charge in [0, 0.05) is 38.6 Å². The van der Waals surface area contributed by atoms with Crippen molar-refractivity contribution in [3.8, 4) is 0 Å². The third-order valence-electron chi connectivity index (χ3n) is 4.16. The number of guanidine groups is 1. The minimum Gasteiger partial charge on any atom is -0.357 e. The van der Waals surface area contributed by atoms with Gasteiger partial charge in [0.25, 0.3) is 0 Å². The van der Waals surface area contributed by atoms with Crippen LogP contribution in [0.1, 0.15) is 31.4 Å². The summed E-state index contributed by atoms with van der Waals surface area (Å²) in [4.78, 5) is 7.02. The standard InChI is InChI=1S/C20H32N6/c1-4-21-20(22-11-7-13-26-14-8-12-24-26)23-16-18-9-6-10-19(15-18)17-25(3)5-2/h6,8-10,12,14-15H,4-5,7,11,13,16-17H2,1-3H3,(H2,21,22,23). The molecule has 6 heteroatoms. The van der Waals surface area contributed by atoms with Gasteiger partial charge in [-0.3, -0.25) is 4.68 Å². The maximum atomic E-state index is 4.72. The predicted molar refractivity (Wildman–Crippen MR) is 108 cm³/mol. The van der Waals surface area contributed by atoms with Gasteiger partial charge in [0.15, 0.2) is 5.96 Å². The van der Waals surface area contributed by atoms with Crippen LogP contribution in [-0.4, -0.2) is 47.3 Å². The van der Waals surface area contributed by atoms with E-state index in [4.69, 9.17) is 4.99 Å². The summed E-state index contributed by atoms with van der Waals surface area (Å²) < 4.78 is 1.95. The van der Waals surface area contributed by atoms with Gasteiger partial charge >= 0.3 is 0 Å². The molecule has 0 atom stereocenters. The van der Waals surface area contributed by atoms with Gasteiger partial charge < -0.3 is 15.5 Å². The number of aliphatic imine (C=N–C) groups is 1. The molecule has 0 spiro atoms. The average Bonchev–Trinajstić information content (AvgIpc) is 3.17. The lowest BCUT2D eigenvalue weighted by Gasteiger charge is -2.14. The first-order valence-electron chi connectivity index (χ1n) is 9.47. The first-order valence-corrected chi connectivity index (χ1v) is 9.47. The lowest BCUT2D eigenvalue weighted by Crippen LogP contribution is -2.38. The molecule has 0 aliphatic heterocycles. The first kappa shape index (κ1) is 20.0. The summed E-state index contributed by atoms with van der Waals surface area (Å²) in [6.45, 7) is 9.59. The fraction of sp³-hybridized carbons (Fsp3) is 0.500. The van der Waals surface area contributed by atoms with E-state index in [1.165, 1.54) is 11.1 Å². The Balaban J connectivity index is 1.84. The summed E-state index contributed by atoms with van der Waals surface area (Å²) in [5.74, 6) is 0.865. The zero-order valence-corrected chi connectivity index (χ0v) is 16.3. The highest BCUT2D eigenvalue weighted by atomic mass is 15.3. The summed E-state index contributed by atoms with van der Waals surface area (Å²) in [5.41, 5.74) is 2.57. The molecular formula is C20H32N6. The molecule has 0 unspecified atom stereocenters. The van der Waals surface area contributed by atoms with Crippen molar-refractivity contribution in [3.63, 3.8) is 0 Å². The van der Waals surface area contributed by atoms with Crippen molar-refractivity contribution in [2.75, 3.05) is 26.7 Å². The zero-order chi connectivity index (χ0) is 18.6. The van der Waals surface area contributed by atoms with Gasteiger partial charge in [0.2, 0.25) is 0 Å². The Labute approximate surface area is 157 Å². The van der Waals surface area contributed by atoms with Crippen molar-refractivity contribution in [1.82, 2.24) is 25.3 Å². The molecule has 2 rings (SSSR count). The van der Waals surface area contributed by atoms with Crippen LogP contribution in [0, 0.1) is 0 Å². The molecule has 0 saturated heterocycles. The molecule has 142 valence electrons. The zero-order valence-electron chi connectivity index (χ0n) is 16.3. The van der Waals surface area contributed by atoms with Crippen molar-refractivity contribution in [1.29, 1.82) is 0 Å². The lowest BCUT2D eigenvalue weighted by atomic mass is 10.1. The molecule has 2 N–H and O–H groups in total. The number of rotatable bonds is 10. The number of aromatic nitrogens is 2. The van der Waals surface area contributed by atoms with Gasteiger partial charge in [-0.25, -0.2) is 4.99 Å². The largest absolute Gasteiger partial charge is 0.357 e. The third kappa shape index (κ3) is 7.27. The minimum atomic E-state index is 0.679. The van der Waals surface area contributed by atoms with Crippen LogP contribution >= 0.6 is 0 Å². The first-order chi connectivity index (χ1) is 12.7. The van der Waals surface area contributed by atoms with Crippen LogP contribution in [0.15, 0.2) is 47.7 Å². The molecule has 0 amide bonds. The van der Waals surface area contributed by atoms with Crippen LogP contribution in [0.5, 0.6) is 0 Å². The molecule has 0 aliphatic carbocycles. The maximum absolute atomic E-state index is 4.72. The molecular weight excluding hydrogens is 324 g/mol. The number of aryl methyl sites for hydroxylation is 1. The van der Waals surface area contributed by atoms with Crippen LogP contribution in [0.25, 0.3) is 0 Å². The number of nitrogens with zero attached hydrogens (tertiary/aromatic N) is 4. The SMILES string of the molecule is CCNC(=NCc1cccc(CN(C)CC)c1)NCCCn1cccn1. The Morgan fingerprint density at radius 2 is 2.04 bits per heavy atom. The van der Waals surface area contributed by atoms with E-state index < -0.39 is 0 Å². The van der Waals surface area contributed by atoms with Crippen LogP contribution in [0.2, 0.25) is 0 Å². The van der Waals surface area contributed by atoms with Crippen molar-refractivity contribution in [2.24, 2.45) is 4.99 Å². The molecule has 0 fully saturated rings. The second-order valence-electron chi connectivity index (χ2n) is 6.39. The Kier molecular flexibility index (Phi) is 8.69. The number of hydrogen-bond acceptors (Lipinski definition) is 3. The molecule has 6 nitrogen and oxygen atoms in total. The maximum Gasteiger partial charge on any atom is 0.191 e. The number of benzene rings is 1. The smallest absolute Gasteiger partial charge is 0.191 e. The summed E-state index contributed by atoms with van der Waals surface area (Å²) in [5, 5.41) is 10.9. The lowest BCUT2D eigenvalue weighted by molar-refractivity contribution is 0.345. The normalized spacial score (nSPS) is 11.8. The molecule has 2 aromatic rings. The second kappa shape index (κ2) is 11.3. The van der Waals surface area contributed by atoms with E-state index >= 15 is 0 Å². The Hall–Kier alpha value is -2.34. The molecule has 1 aromatic heterocycles. The molecule has 1 heterocycles. The van der Waals surface area contributed by atoms with Crippen LogP contribution < -0.4 is 10.6 Å². The van der Waals surface area contributed by atoms with Gasteiger partial charge in [-0.1, -0.05) is 31.2 Å². The Morgan fingerprint density at radius 3 is 2.77 bits per heavy atom. The number of nitrogens with one attached hydrogen (secondary N) is 2. The Morgan fingerprint density at radius 1 is 1.19 bits per heavy atom. The quantitative estimate of drug-likeness (QED) is 0.390. The fourth-order valence-corrected chi connectivity index (χ4v) is 2.64. The number of hydrogen-bond donors (Lipinski definition) is 2. The van der Waals surface area contributed by atoms with Gasteiger partial charge in [0.1, 0.15) is 0 Å². The highest BCUT2D eigenvalue weighted by Gasteiger charge is 2.01. The molecule has 1 aromatic carbocycles.